The molecule has 1 heterocycles. The molecule has 1 fully saturated rings. The van der Waals surface area contributed by atoms with Crippen LogP contribution in [0.3, 0.4) is 0 Å². The Morgan fingerprint density at radius 1 is 0.742 bits per heavy atom. The Kier molecular flexibility index (Phi) is 5.89. The minimum absolute atomic E-state index is 0.00869. The molecule has 2 amide bonds. The lowest BCUT2D eigenvalue weighted by atomic mass is 9.98. The van der Waals surface area contributed by atoms with E-state index in [0.29, 0.717) is 16.8 Å². The van der Waals surface area contributed by atoms with Crippen LogP contribution in [0.2, 0.25) is 0 Å². The lowest BCUT2D eigenvalue weighted by Crippen LogP contribution is -2.27. The highest BCUT2D eigenvalue weighted by Gasteiger charge is 2.20. The van der Waals surface area contributed by atoms with Gasteiger partial charge in [-0.15, -0.1) is 0 Å². The number of halogens is 1. The average Bonchev–Trinajstić information content (AvgIpc) is 3.34. The van der Waals surface area contributed by atoms with E-state index in [9.17, 15) is 18.8 Å². The molecule has 0 saturated carbocycles. The number of hydrogen-bond acceptors (Lipinski definition) is 3. The number of benzene rings is 3. The van der Waals surface area contributed by atoms with E-state index in [4.69, 9.17) is 0 Å². The first-order valence-electron chi connectivity index (χ1n) is 10.1. The van der Waals surface area contributed by atoms with Crippen LogP contribution in [0.15, 0.2) is 72.8 Å². The molecule has 31 heavy (non-hydrogen) atoms. The van der Waals surface area contributed by atoms with Crippen molar-refractivity contribution >= 4 is 23.3 Å². The number of nitrogens with one attached hydrogen (secondary N) is 1. The zero-order valence-corrected chi connectivity index (χ0v) is 16.8. The highest BCUT2D eigenvalue weighted by atomic mass is 19.1. The molecule has 0 spiro atoms. The Hall–Kier alpha value is -3.80. The zero-order chi connectivity index (χ0) is 21.8. The number of anilines is 1. The molecule has 0 atom stereocenters. The van der Waals surface area contributed by atoms with Crippen molar-refractivity contribution in [2.45, 2.75) is 12.8 Å². The number of carbonyl (C=O) groups is 3. The predicted octanol–water partition coefficient (Wildman–Crippen LogP) is 4.55. The Morgan fingerprint density at radius 2 is 1.32 bits per heavy atom. The van der Waals surface area contributed by atoms with Gasteiger partial charge < -0.3 is 10.2 Å². The van der Waals surface area contributed by atoms with E-state index >= 15 is 0 Å². The van der Waals surface area contributed by atoms with Gasteiger partial charge in [0.15, 0.2) is 5.78 Å². The topological polar surface area (TPSA) is 66.5 Å². The van der Waals surface area contributed by atoms with Crippen molar-refractivity contribution in [1.29, 1.82) is 0 Å². The van der Waals surface area contributed by atoms with E-state index in [0.717, 1.165) is 25.9 Å². The summed E-state index contributed by atoms with van der Waals surface area (Å²) in [5.74, 6) is -1.25. The van der Waals surface area contributed by atoms with Gasteiger partial charge in [-0.25, -0.2) is 4.39 Å². The summed E-state index contributed by atoms with van der Waals surface area (Å²) >= 11 is 0. The molecular formula is C25H21FN2O3. The lowest BCUT2D eigenvalue weighted by molar-refractivity contribution is 0.0792. The van der Waals surface area contributed by atoms with Crippen LogP contribution < -0.4 is 5.32 Å². The fourth-order valence-corrected chi connectivity index (χ4v) is 3.63. The third-order valence-corrected chi connectivity index (χ3v) is 5.31. The molecule has 0 radical (unpaired) electrons. The molecule has 156 valence electrons. The molecule has 5 nitrogen and oxygen atoms in total. The van der Waals surface area contributed by atoms with Gasteiger partial charge in [0.2, 0.25) is 0 Å². The number of hydrogen-bond donors (Lipinski definition) is 1. The third-order valence-electron chi connectivity index (χ3n) is 5.31. The molecule has 0 unspecified atom stereocenters. The van der Waals surface area contributed by atoms with Crippen molar-refractivity contribution in [3.8, 4) is 0 Å². The first kappa shape index (κ1) is 20.5. The number of ketones is 1. The second-order valence-electron chi connectivity index (χ2n) is 7.41. The molecule has 1 N–H and O–H groups in total. The highest BCUT2D eigenvalue weighted by Crippen LogP contribution is 2.19. The molecule has 3 aromatic rings. The Morgan fingerprint density at radius 3 is 1.97 bits per heavy atom. The van der Waals surface area contributed by atoms with Crippen molar-refractivity contribution in [2.24, 2.45) is 0 Å². The van der Waals surface area contributed by atoms with Gasteiger partial charge in [0.05, 0.1) is 5.56 Å². The minimum atomic E-state index is -0.440. The van der Waals surface area contributed by atoms with Gasteiger partial charge in [-0.1, -0.05) is 18.2 Å². The summed E-state index contributed by atoms with van der Waals surface area (Å²) in [7, 11) is 0. The van der Waals surface area contributed by atoms with Gasteiger partial charge in [-0.3, -0.25) is 14.4 Å². The van der Waals surface area contributed by atoms with Crippen LogP contribution in [0.5, 0.6) is 0 Å². The van der Waals surface area contributed by atoms with Crippen LogP contribution >= 0.6 is 0 Å². The van der Waals surface area contributed by atoms with Crippen molar-refractivity contribution in [3.05, 3.63) is 101 Å². The molecule has 1 aliphatic rings. The number of nitrogens with zero attached hydrogens (tertiary/aromatic N) is 1. The van der Waals surface area contributed by atoms with E-state index in [1.165, 1.54) is 24.3 Å². The van der Waals surface area contributed by atoms with Crippen LogP contribution in [-0.4, -0.2) is 35.6 Å². The van der Waals surface area contributed by atoms with Crippen molar-refractivity contribution in [3.63, 3.8) is 0 Å². The van der Waals surface area contributed by atoms with Crippen LogP contribution in [0, 0.1) is 5.82 Å². The van der Waals surface area contributed by atoms with E-state index in [1.807, 2.05) is 4.90 Å². The molecule has 0 aromatic heterocycles. The standard InChI is InChI=1S/C25H21FN2O3/c26-19-11-7-17(8-12-19)23(29)21-5-1-2-6-22(21)24(30)27-20-13-9-18(10-14-20)25(31)28-15-3-4-16-28/h1-2,5-14H,3-4,15-16H2,(H,27,30). The molecule has 4 rings (SSSR count). The monoisotopic (exact) mass is 416 g/mol. The fourth-order valence-electron chi connectivity index (χ4n) is 3.63. The van der Waals surface area contributed by atoms with Gasteiger partial charge in [0, 0.05) is 35.5 Å². The highest BCUT2D eigenvalue weighted by molar-refractivity contribution is 6.17. The molecule has 0 aliphatic carbocycles. The molecule has 6 heteroatoms. The van der Waals surface area contributed by atoms with Crippen LogP contribution in [0.4, 0.5) is 10.1 Å². The van der Waals surface area contributed by atoms with Gasteiger partial charge in [-0.05, 0) is 67.4 Å². The van der Waals surface area contributed by atoms with Crippen LogP contribution in [0.25, 0.3) is 0 Å². The predicted molar refractivity (Wildman–Crippen MR) is 116 cm³/mol. The molecular weight excluding hydrogens is 395 g/mol. The smallest absolute Gasteiger partial charge is 0.256 e. The van der Waals surface area contributed by atoms with E-state index in [1.54, 1.807) is 48.5 Å². The van der Waals surface area contributed by atoms with Gasteiger partial charge >= 0.3 is 0 Å². The second kappa shape index (κ2) is 8.92. The lowest BCUT2D eigenvalue weighted by Gasteiger charge is -2.15. The summed E-state index contributed by atoms with van der Waals surface area (Å²) in [6.45, 7) is 1.55. The van der Waals surface area contributed by atoms with E-state index < -0.39 is 11.7 Å². The summed E-state index contributed by atoms with van der Waals surface area (Å²) in [6, 6.07) is 18.4. The Labute approximate surface area is 179 Å². The summed E-state index contributed by atoms with van der Waals surface area (Å²) in [5.41, 5.74) is 1.84. The van der Waals surface area contributed by atoms with Gasteiger partial charge in [0.1, 0.15) is 5.82 Å². The van der Waals surface area contributed by atoms with Crippen molar-refractivity contribution < 1.29 is 18.8 Å². The van der Waals surface area contributed by atoms with Crippen molar-refractivity contribution in [2.75, 3.05) is 18.4 Å². The maximum absolute atomic E-state index is 13.2. The number of amides is 2. The fraction of sp³-hybridized carbons (Fsp3) is 0.160. The van der Waals surface area contributed by atoms with E-state index in [2.05, 4.69) is 5.32 Å². The van der Waals surface area contributed by atoms with Crippen molar-refractivity contribution in [1.82, 2.24) is 4.90 Å². The number of likely N-dealkylation sites (tertiary alicyclic amines) is 1. The first-order valence-corrected chi connectivity index (χ1v) is 10.1. The Balaban J connectivity index is 1.51. The molecule has 1 aliphatic heterocycles. The SMILES string of the molecule is O=C(Nc1ccc(C(=O)N2CCCC2)cc1)c1ccccc1C(=O)c1ccc(F)cc1. The Bertz CT molecular complexity index is 1120. The summed E-state index contributed by atoms with van der Waals surface area (Å²) in [6.07, 6.45) is 2.05. The third kappa shape index (κ3) is 4.53. The average molecular weight is 416 g/mol. The molecule has 3 aromatic carbocycles. The summed E-state index contributed by atoms with van der Waals surface area (Å²) in [5, 5.41) is 2.77. The van der Waals surface area contributed by atoms with Gasteiger partial charge in [0.25, 0.3) is 11.8 Å². The van der Waals surface area contributed by atoms with Crippen LogP contribution in [0.1, 0.15) is 49.5 Å². The van der Waals surface area contributed by atoms with E-state index in [-0.39, 0.29) is 22.8 Å². The maximum Gasteiger partial charge on any atom is 0.256 e. The number of rotatable bonds is 5. The molecule has 0 bridgehead atoms. The first-order chi connectivity index (χ1) is 15.0. The summed E-state index contributed by atoms with van der Waals surface area (Å²) < 4.78 is 13.2. The maximum atomic E-state index is 13.2. The normalized spacial score (nSPS) is 13.1. The minimum Gasteiger partial charge on any atom is -0.339 e. The number of carbonyl (C=O) groups excluding carboxylic acids is 3. The van der Waals surface area contributed by atoms with Gasteiger partial charge in [-0.2, -0.15) is 0 Å². The second-order valence-corrected chi connectivity index (χ2v) is 7.41. The quantitative estimate of drug-likeness (QED) is 0.621. The largest absolute Gasteiger partial charge is 0.339 e. The molecule has 1 saturated heterocycles. The van der Waals surface area contributed by atoms with Crippen LogP contribution in [-0.2, 0) is 0 Å². The zero-order valence-electron chi connectivity index (χ0n) is 16.8. The summed E-state index contributed by atoms with van der Waals surface area (Å²) in [4.78, 5) is 40.0.